The molecule has 6 heteroatoms. The zero-order chi connectivity index (χ0) is 15.2. The van der Waals surface area contributed by atoms with Crippen molar-refractivity contribution in [2.24, 2.45) is 5.73 Å². The molecule has 2 heterocycles. The standard InChI is InChI=1S/C15H24N4O2/c1-11(2)18-15(20)14-10-21-8-7-19(14)13(9-16)12-3-5-17-6-4-12/h3-6,11,13-14H,7-10,16H2,1-2H3,(H,18,20). The maximum absolute atomic E-state index is 12.4. The first-order valence-corrected chi connectivity index (χ1v) is 7.37. The van der Waals surface area contributed by atoms with Crippen LogP contribution in [0.1, 0.15) is 25.5 Å². The summed E-state index contributed by atoms with van der Waals surface area (Å²) in [6.07, 6.45) is 3.50. The van der Waals surface area contributed by atoms with E-state index in [9.17, 15) is 4.79 Å². The van der Waals surface area contributed by atoms with Crippen LogP contribution in [0.3, 0.4) is 0 Å². The van der Waals surface area contributed by atoms with Crippen LogP contribution in [-0.4, -0.2) is 54.2 Å². The second kappa shape index (κ2) is 7.49. The molecule has 0 aliphatic carbocycles. The minimum absolute atomic E-state index is 0.000174. The SMILES string of the molecule is CC(C)NC(=O)C1COCCN1C(CN)c1ccncc1. The highest BCUT2D eigenvalue weighted by atomic mass is 16.5. The molecule has 2 atom stereocenters. The van der Waals surface area contributed by atoms with Crippen LogP contribution in [0.25, 0.3) is 0 Å². The van der Waals surface area contributed by atoms with E-state index in [-0.39, 0.29) is 24.0 Å². The molecule has 0 bridgehead atoms. The van der Waals surface area contributed by atoms with Crippen molar-refractivity contribution in [2.45, 2.75) is 32.0 Å². The van der Waals surface area contributed by atoms with Crippen molar-refractivity contribution < 1.29 is 9.53 Å². The fourth-order valence-electron chi connectivity index (χ4n) is 2.65. The van der Waals surface area contributed by atoms with Gasteiger partial charge >= 0.3 is 0 Å². The average Bonchev–Trinajstić information content (AvgIpc) is 2.49. The number of aromatic nitrogens is 1. The van der Waals surface area contributed by atoms with E-state index in [0.717, 1.165) is 5.56 Å². The molecule has 3 N–H and O–H groups in total. The fraction of sp³-hybridized carbons (Fsp3) is 0.600. The molecule has 1 amide bonds. The second-order valence-electron chi connectivity index (χ2n) is 5.52. The maximum atomic E-state index is 12.4. The number of rotatable bonds is 5. The summed E-state index contributed by atoms with van der Waals surface area (Å²) in [6.45, 7) is 6.08. The molecule has 0 aromatic carbocycles. The van der Waals surface area contributed by atoms with Crippen molar-refractivity contribution in [2.75, 3.05) is 26.3 Å². The predicted molar refractivity (Wildman–Crippen MR) is 80.6 cm³/mol. The smallest absolute Gasteiger partial charge is 0.239 e. The summed E-state index contributed by atoms with van der Waals surface area (Å²) in [4.78, 5) is 18.6. The van der Waals surface area contributed by atoms with Crippen molar-refractivity contribution in [1.29, 1.82) is 0 Å². The zero-order valence-corrected chi connectivity index (χ0v) is 12.7. The molecule has 1 saturated heterocycles. The summed E-state index contributed by atoms with van der Waals surface area (Å²) in [5, 5.41) is 2.96. The predicted octanol–water partition coefficient (Wildman–Crippen LogP) is 0.307. The lowest BCUT2D eigenvalue weighted by molar-refractivity contribution is -0.135. The number of hydrogen-bond acceptors (Lipinski definition) is 5. The number of nitrogens with one attached hydrogen (secondary N) is 1. The lowest BCUT2D eigenvalue weighted by Gasteiger charge is -2.40. The highest BCUT2D eigenvalue weighted by Gasteiger charge is 2.34. The highest BCUT2D eigenvalue weighted by Crippen LogP contribution is 2.23. The third-order valence-electron chi connectivity index (χ3n) is 3.62. The summed E-state index contributed by atoms with van der Waals surface area (Å²) >= 11 is 0. The first kappa shape index (κ1) is 15.9. The number of carbonyl (C=O) groups is 1. The van der Waals surface area contributed by atoms with E-state index in [0.29, 0.717) is 26.3 Å². The van der Waals surface area contributed by atoms with E-state index in [1.165, 1.54) is 0 Å². The molecular formula is C15H24N4O2. The van der Waals surface area contributed by atoms with Gasteiger partial charge in [-0.25, -0.2) is 0 Å². The van der Waals surface area contributed by atoms with Crippen LogP contribution in [0.5, 0.6) is 0 Å². The summed E-state index contributed by atoms with van der Waals surface area (Å²) in [7, 11) is 0. The molecule has 2 rings (SSSR count). The van der Waals surface area contributed by atoms with Gasteiger partial charge in [0.2, 0.25) is 5.91 Å². The van der Waals surface area contributed by atoms with E-state index in [4.69, 9.17) is 10.5 Å². The molecule has 21 heavy (non-hydrogen) atoms. The Morgan fingerprint density at radius 3 is 2.86 bits per heavy atom. The second-order valence-corrected chi connectivity index (χ2v) is 5.52. The van der Waals surface area contributed by atoms with Crippen molar-refractivity contribution in [3.05, 3.63) is 30.1 Å². The number of morpholine rings is 1. The third kappa shape index (κ3) is 4.00. The summed E-state index contributed by atoms with van der Waals surface area (Å²) in [5.41, 5.74) is 7.04. The van der Waals surface area contributed by atoms with Crippen molar-refractivity contribution >= 4 is 5.91 Å². The topological polar surface area (TPSA) is 80.5 Å². The van der Waals surface area contributed by atoms with Crippen LogP contribution >= 0.6 is 0 Å². The van der Waals surface area contributed by atoms with E-state index in [1.807, 2.05) is 26.0 Å². The molecule has 116 valence electrons. The van der Waals surface area contributed by atoms with Gasteiger partial charge in [0.25, 0.3) is 0 Å². The van der Waals surface area contributed by atoms with Gasteiger partial charge in [0.1, 0.15) is 6.04 Å². The monoisotopic (exact) mass is 292 g/mol. The number of pyridine rings is 1. The number of nitrogens with two attached hydrogens (primary N) is 1. The van der Waals surface area contributed by atoms with E-state index in [1.54, 1.807) is 12.4 Å². The van der Waals surface area contributed by atoms with Crippen molar-refractivity contribution in [3.63, 3.8) is 0 Å². The zero-order valence-electron chi connectivity index (χ0n) is 12.7. The molecule has 2 unspecified atom stereocenters. The Bertz CT molecular complexity index is 452. The van der Waals surface area contributed by atoms with Gasteiger partial charge in [0, 0.05) is 37.6 Å². The normalized spacial score (nSPS) is 21.2. The van der Waals surface area contributed by atoms with E-state index >= 15 is 0 Å². The van der Waals surface area contributed by atoms with E-state index in [2.05, 4.69) is 15.2 Å². The first-order valence-electron chi connectivity index (χ1n) is 7.37. The van der Waals surface area contributed by atoms with Crippen LogP contribution in [0.2, 0.25) is 0 Å². The Labute approximate surface area is 125 Å². The maximum Gasteiger partial charge on any atom is 0.239 e. The summed E-state index contributed by atoms with van der Waals surface area (Å²) in [5.74, 6) is -0.00259. The molecule has 0 saturated carbocycles. The van der Waals surface area contributed by atoms with Crippen LogP contribution < -0.4 is 11.1 Å². The van der Waals surface area contributed by atoms with Gasteiger partial charge in [-0.2, -0.15) is 0 Å². The van der Waals surface area contributed by atoms with Gasteiger partial charge in [-0.05, 0) is 31.5 Å². The molecule has 1 fully saturated rings. The lowest BCUT2D eigenvalue weighted by atomic mass is 10.0. The summed E-state index contributed by atoms with van der Waals surface area (Å²) in [6, 6.07) is 3.70. The van der Waals surface area contributed by atoms with Crippen LogP contribution in [0.15, 0.2) is 24.5 Å². The Morgan fingerprint density at radius 1 is 1.52 bits per heavy atom. The molecule has 1 aromatic rings. The lowest BCUT2D eigenvalue weighted by Crippen LogP contribution is -2.56. The Balaban J connectivity index is 2.18. The van der Waals surface area contributed by atoms with Gasteiger partial charge in [0.15, 0.2) is 0 Å². The Hall–Kier alpha value is -1.50. The van der Waals surface area contributed by atoms with Gasteiger partial charge in [-0.3, -0.25) is 14.7 Å². The molecule has 0 radical (unpaired) electrons. The fourth-order valence-corrected chi connectivity index (χ4v) is 2.65. The van der Waals surface area contributed by atoms with Crippen molar-refractivity contribution in [3.8, 4) is 0 Å². The van der Waals surface area contributed by atoms with Gasteiger partial charge < -0.3 is 15.8 Å². The molecule has 0 spiro atoms. The van der Waals surface area contributed by atoms with Gasteiger partial charge in [-0.15, -0.1) is 0 Å². The number of amides is 1. The quantitative estimate of drug-likeness (QED) is 0.816. The molecule has 6 nitrogen and oxygen atoms in total. The molecule has 1 aliphatic rings. The number of nitrogens with zero attached hydrogens (tertiary/aromatic N) is 2. The molecule has 1 aliphatic heterocycles. The molecular weight excluding hydrogens is 268 g/mol. The minimum Gasteiger partial charge on any atom is -0.378 e. The Morgan fingerprint density at radius 2 is 2.24 bits per heavy atom. The minimum atomic E-state index is -0.303. The average molecular weight is 292 g/mol. The van der Waals surface area contributed by atoms with Crippen molar-refractivity contribution in [1.82, 2.24) is 15.2 Å². The summed E-state index contributed by atoms with van der Waals surface area (Å²) < 4.78 is 5.49. The number of ether oxygens (including phenoxy) is 1. The highest BCUT2D eigenvalue weighted by molar-refractivity contribution is 5.82. The largest absolute Gasteiger partial charge is 0.378 e. The number of carbonyl (C=O) groups excluding carboxylic acids is 1. The van der Waals surface area contributed by atoms with Gasteiger partial charge in [0.05, 0.1) is 13.2 Å². The first-order chi connectivity index (χ1) is 10.1. The van der Waals surface area contributed by atoms with Crippen LogP contribution in [-0.2, 0) is 9.53 Å². The van der Waals surface area contributed by atoms with E-state index < -0.39 is 0 Å². The van der Waals surface area contributed by atoms with Crippen LogP contribution in [0.4, 0.5) is 0 Å². The Kier molecular flexibility index (Phi) is 5.67. The third-order valence-corrected chi connectivity index (χ3v) is 3.62. The van der Waals surface area contributed by atoms with Gasteiger partial charge in [-0.1, -0.05) is 0 Å². The van der Waals surface area contributed by atoms with Crippen LogP contribution in [0, 0.1) is 0 Å². The number of hydrogen-bond donors (Lipinski definition) is 2. The molecule has 1 aromatic heterocycles.